The van der Waals surface area contributed by atoms with Gasteiger partial charge < -0.3 is 10.2 Å². The molecule has 6 nitrogen and oxygen atoms in total. The molecule has 6 heteroatoms. The first kappa shape index (κ1) is 16.0. The van der Waals surface area contributed by atoms with E-state index in [0.29, 0.717) is 5.69 Å². The van der Waals surface area contributed by atoms with Gasteiger partial charge in [0.2, 0.25) is 0 Å². The molecule has 0 bridgehead atoms. The largest absolute Gasteiger partial charge is 0.370 e. The van der Waals surface area contributed by atoms with Gasteiger partial charge in [-0.15, -0.1) is 0 Å². The zero-order valence-corrected chi connectivity index (χ0v) is 13.3. The number of hydrogen-bond donors (Lipinski definition) is 1. The molecule has 24 heavy (non-hydrogen) atoms. The maximum atomic E-state index is 12.5. The molecule has 1 fully saturated rings. The van der Waals surface area contributed by atoms with Crippen molar-refractivity contribution < 1.29 is 9.72 Å². The second kappa shape index (κ2) is 7.12. The van der Waals surface area contributed by atoms with Crippen LogP contribution in [0.25, 0.3) is 0 Å². The Hall–Kier alpha value is -2.89. The molecule has 0 saturated carbocycles. The summed E-state index contributed by atoms with van der Waals surface area (Å²) in [4.78, 5) is 25.4. The maximum Gasteiger partial charge on any atom is 0.282 e. The summed E-state index contributed by atoms with van der Waals surface area (Å²) in [6.45, 7) is 1.91. The summed E-state index contributed by atoms with van der Waals surface area (Å²) in [5.41, 5.74) is 1.52. The lowest BCUT2D eigenvalue weighted by Gasteiger charge is -2.30. The fourth-order valence-electron chi connectivity index (χ4n) is 3.00. The number of carbonyl (C=O) groups is 1. The van der Waals surface area contributed by atoms with Gasteiger partial charge in [-0.3, -0.25) is 14.9 Å². The van der Waals surface area contributed by atoms with Crippen molar-refractivity contribution in [2.45, 2.75) is 19.3 Å². The first-order chi connectivity index (χ1) is 11.7. The lowest BCUT2D eigenvalue weighted by molar-refractivity contribution is -0.385. The number of nitro benzene ring substituents is 1. The van der Waals surface area contributed by atoms with Crippen LogP contribution in [0.15, 0.2) is 48.5 Å². The van der Waals surface area contributed by atoms with Gasteiger partial charge in [0.1, 0.15) is 5.56 Å². The minimum atomic E-state index is -0.536. The molecule has 0 unspecified atom stereocenters. The Bertz CT molecular complexity index is 755. The number of rotatable bonds is 4. The third-order valence-electron chi connectivity index (χ3n) is 4.19. The van der Waals surface area contributed by atoms with Crippen molar-refractivity contribution in [2.24, 2.45) is 0 Å². The molecule has 2 aromatic carbocycles. The van der Waals surface area contributed by atoms with Crippen molar-refractivity contribution in [1.82, 2.24) is 0 Å². The van der Waals surface area contributed by atoms with Gasteiger partial charge in [-0.05, 0) is 37.5 Å². The number of piperidine rings is 1. The van der Waals surface area contributed by atoms with E-state index in [0.717, 1.165) is 31.6 Å². The Morgan fingerprint density at radius 2 is 1.67 bits per heavy atom. The Balaban J connectivity index is 1.86. The average molecular weight is 325 g/mol. The molecule has 0 atom stereocenters. The van der Waals surface area contributed by atoms with Gasteiger partial charge in [-0.25, -0.2) is 0 Å². The molecule has 1 N–H and O–H groups in total. The third kappa shape index (κ3) is 3.37. The van der Waals surface area contributed by atoms with E-state index in [2.05, 4.69) is 10.2 Å². The van der Waals surface area contributed by atoms with E-state index in [9.17, 15) is 14.9 Å². The molecule has 124 valence electrons. The number of nitrogens with zero attached hydrogens (tertiary/aromatic N) is 2. The summed E-state index contributed by atoms with van der Waals surface area (Å²) >= 11 is 0. The summed E-state index contributed by atoms with van der Waals surface area (Å²) < 4.78 is 0. The van der Waals surface area contributed by atoms with E-state index in [4.69, 9.17) is 0 Å². The normalized spacial score (nSPS) is 14.2. The van der Waals surface area contributed by atoms with Crippen LogP contribution in [0, 0.1) is 10.1 Å². The van der Waals surface area contributed by atoms with Crippen molar-refractivity contribution >= 4 is 23.0 Å². The fraction of sp³-hybridized carbons (Fsp3) is 0.278. The van der Waals surface area contributed by atoms with Crippen LogP contribution in [0.3, 0.4) is 0 Å². The smallest absolute Gasteiger partial charge is 0.282 e. The number of para-hydroxylation sites is 3. The highest BCUT2D eigenvalue weighted by atomic mass is 16.6. The van der Waals surface area contributed by atoms with Gasteiger partial charge in [0, 0.05) is 19.2 Å². The molecule has 1 heterocycles. The molecule has 3 rings (SSSR count). The molecule has 1 amide bonds. The van der Waals surface area contributed by atoms with Gasteiger partial charge in [0.25, 0.3) is 11.6 Å². The molecule has 2 aromatic rings. The SMILES string of the molecule is O=C(Nc1ccccc1N1CCCCC1)c1ccccc1[N+](=O)[O-]. The standard InChI is InChI=1S/C18H19N3O3/c22-18(14-8-2-4-10-16(14)21(23)24)19-15-9-3-5-11-17(15)20-12-6-1-7-13-20/h2-5,8-11H,1,6-7,12-13H2,(H,19,22). The Labute approximate surface area is 140 Å². The fourth-order valence-corrected chi connectivity index (χ4v) is 3.00. The van der Waals surface area contributed by atoms with Crippen molar-refractivity contribution in [3.63, 3.8) is 0 Å². The number of nitro groups is 1. The summed E-state index contributed by atoms with van der Waals surface area (Å²) in [7, 11) is 0. The van der Waals surface area contributed by atoms with Crippen LogP contribution in [-0.4, -0.2) is 23.9 Å². The van der Waals surface area contributed by atoms with Crippen LogP contribution >= 0.6 is 0 Å². The monoisotopic (exact) mass is 325 g/mol. The first-order valence-electron chi connectivity index (χ1n) is 8.05. The number of hydrogen-bond acceptors (Lipinski definition) is 4. The molecule has 0 aromatic heterocycles. The number of amides is 1. The highest BCUT2D eigenvalue weighted by molar-refractivity contribution is 6.08. The van der Waals surface area contributed by atoms with Crippen molar-refractivity contribution in [2.75, 3.05) is 23.3 Å². The molecule has 0 radical (unpaired) electrons. The summed E-state index contributed by atoms with van der Waals surface area (Å²) in [6, 6.07) is 13.6. The molecular weight excluding hydrogens is 306 g/mol. The van der Waals surface area contributed by atoms with Crippen LogP contribution in [0.4, 0.5) is 17.1 Å². The third-order valence-corrected chi connectivity index (χ3v) is 4.19. The second-order valence-corrected chi connectivity index (χ2v) is 5.79. The zero-order chi connectivity index (χ0) is 16.9. The number of carbonyl (C=O) groups excluding carboxylic acids is 1. The number of nitrogens with one attached hydrogen (secondary N) is 1. The Kier molecular flexibility index (Phi) is 4.74. The molecule has 1 aliphatic heterocycles. The zero-order valence-electron chi connectivity index (χ0n) is 13.3. The van der Waals surface area contributed by atoms with Crippen LogP contribution in [0.2, 0.25) is 0 Å². The number of benzene rings is 2. The Morgan fingerprint density at radius 3 is 2.42 bits per heavy atom. The summed E-state index contributed by atoms with van der Waals surface area (Å²) in [5, 5.41) is 13.9. The molecule has 0 spiro atoms. The minimum Gasteiger partial charge on any atom is -0.370 e. The van der Waals surface area contributed by atoms with E-state index >= 15 is 0 Å². The van der Waals surface area contributed by atoms with E-state index in [1.165, 1.54) is 18.6 Å². The molecule has 1 aliphatic rings. The second-order valence-electron chi connectivity index (χ2n) is 5.79. The number of anilines is 2. The van der Waals surface area contributed by atoms with Crippen molar-refractivity contribution in [3.8, 4) is 0 Å². The van der Waals surface area contributed by atoms with Crippen molar-refractivity contribution in [3.05, 3.63) is 64.2 Å². The van der Waals surface area contributed by atoms with E-state index in [1.807, 2.05) is 24.3 Å². The highest BCUT2D eigenvalue weighted by Crippen LogP contribution is 2.29. The predicted octanol–water partition coefficient (Wildman–Crippen LogP) is 3.84. The first-order valence-corrected chi connectivity index (χ1v) is 8.05. The van der Waals surface area contributed by atoms with Gasteiger partial charge in [0.15, 0.2) is 0 Å². The van der Waals surface area contributed by atoms with Crippen LogP contribution in [0.5, 0.6) is 0 Å². The van der Waals surface area contributed by atoms with Gasteiger partial charge in [-0.2, -0.15) is 0 Å². The van der Waals surface area contributed by atoms with Gasteiger partial charge in [0.05, 0.1) is 16.3 Å². The van der Waals surface area contributed by atoms with Crippen LogP contribution in [-0.2, 0) is 0 Å². The van der Waals surface area contributed by atoms with Crippen LogP contribution in [0.1, 0.15) is 29.6 Å². The average Bonchev–Trinajstić information content (AvgIpc) is 2.63. The van der Waals surface area contributed by atoms with Gasteiger partial charge >= 0.3 is 0 Å². The molecular formula is C18H19N3O3. The lowest BCUT2D eigenvalue weighted by atomic mass is 10.1. The molecule has 0 aliphatic carbocycles. The molecule has 1 saturated heterocycles. The van der Waals surface area contributed by atoms with Crippen LogP contribution < -0.4 is 10.2 Å². The summed E-state index contributed by atoms with van der Waals surface area (Å²) in [6.07, 6.45) is 3.49. The minimum absolute atomic E-state index is 0.0657. The van der Waals surface area contributed by atoms with E-state index < -0.39 is 10.8 Å². The van der Waals surface area contributed by atoms with Gasteiger partial charge in [-0.1, -0.05) is 24.3 Å². The lowest BCUT2D eigenvalue weighted by Crippen LogP contribution is -2.30. The highest BCUT2D eigenvalue weighted by Gasteiger charge is 2.21. The van der Waals surface area contributed by atoms with E-state index in [1.54, 1.807) is 12.1 Å². The Morgan fingerprint density at radius 1 is 1.00 bits per heavy atom. The quantitative estimate of drug-likeness (QED) is 0.684. The van der Waals surface area contributed by atoms with E-state index in [-0.39, 0.29) is 11.3 Å². The maximum absolute atomic E-state index is 12.5. The summed E-state index contributed by atoms with van der Waals surface area (Å²) in [5.74, 6) is -0.466. The topological polar surface area (TPSA) is 75.5 Å². The van der Waals surface area contributed by atoms with Crippen molar-refractivity contribution in [1.29, 1.82) is 0 Å². The predicted molar refractivity (Wildman–Crippen MR) is 93.6 cm³/mol.